The van der Waals surface area contributed by atoms with E-state index in [9.17, 15) is 4.79 Å². The van der Waals surface area contributed by atoms with Crippen LogP contribution in [0.2, 0.25) is 0 Å². The van der Waals surface area contributed by atoms with Crippen molar-refractivity contribution in [3.05, 3.63) is 60.3 Å². The zero-order valence-electron chi connectivity index (χ0n) is 14.3. The molecule has 0 unspecified atom stereocenters. The van der Waals surface area contributed by atoms with Crippen LogP contribution in [0, 0.1) is 18.8 Å². The van der Waals surface area contributed by atoms with E-state index in [2.05, 4.69) is 11.8 Å². The molecule has 0 spiro atoms. The third kappa shape index (κ3) is 4.26. The first-order valence-electron chi connectivity index (χ1n) is 8.04. The van der Waals surface area contributed by atoms with Gasteiger partial charge in [-0.3, -0.25) is 9.36 Å². The molecule has 4 heteroatoms. The van der Waals surface area contributed by atoms with Crippen molar-refractivity contribution in [2.75, 3.05) is 12.4 Å². The number of hydrogen-bond donors (Lipinski definition) is 0. The normalized spacial score (nSPS) is 10.3. The van der Waals surface area contributed by atoms with Gasteiger partial charge in [0.15, 0.2) is 0 Å². The highest BCUT2D eigenvalue weighted by molar-refractivity contribution is 7.99. The second kappa shape index (κ2) is 7.96. The van der Waals surface area contributed by atoms with E-state index in [0.717, 1.165) is 21.5 Å². The predicted molar refractivity (Wildman–Crippen MR) is 103 cm³/mol. The van der Waals surface area contributed by atoms with Crippen molar-refractivity contribution in [2.45, 2.75) is 18.7 Å². The summed E-state index contributed by atoms with van der Waals surface area (Å²) in [7, 11) is 0. The maximum absolute atomic E-state index is 11.8. The fourth-order valence-electron chi connectivity index (χ4n) is 2.49. The lowest BCUT2D eigenvalue weighted by atomic mass is 10.2. The van der Waals surface area contributed by atoms with E-state index in [4.69, 9.17) is 4.74 Å². The van der Waals surface area contributed by atoms with Gasteiger partial charge in [0.1, 0.15) is 12.4 Å². The Labute approximate surface area is 152 Å². The third-order valence-corrected chi connectivity index (χ3v) is 4.70. The van der Waals surface area contributed by atoms with Crippen molar-refractivity contribution in [1.29, 1.82) is 0 Å². The van der Waals surface area contributed by atoms with Crippen LogP contribution in [0.25, 0.3) is 10.9 Å². The minimum absolute atomic E-state index is 0.0145. The summed E-state index contributed by atoms with van der Waals surface area (Å²) >= 11 is 1.63. The number of rotatable bonds is 4. The molecule has 0 aliphatic carbocycles. The van der Waals surface area contributed by atoms with Crippen molar-refractivity contribution in [1.82, 2.24) is 4.57 Å². The lowest BCUT2D eigenvalue weighted by Gasteiger charge is -2.01. The fraction of sp³-hybridized carbons (Fsp3) is 0.190. The number of aryl methyl sites for hydroxylation is 1. The average molecular weight is 349 g/mol. The molecule has 0 aliphatic rings. The molecule has 1 aromatic heterocycles. The van der Waals surface area contributed by atoms with Gasteiger partial charge >= 0.3 is 0 Å². The van der Waals surface area contributed by atoms with Crippen molar-refractivity contribution < 1.29 is 9.53 Å². The molecule has 3 rings (SSSR count). The molecule has 0 bridgehead atoms. The van der Waals surface area contributed by atoms with Gasteiger partial charge in [-0.15, -0.1) is 11.8 Å². The Morgan fingerprint density at radius 1 is 1.12 bits per heavy atom. The summed E-state index contributed by atoms with van der Waals surface area (Å²) in [5.41, 5.74) is 2.15. The Hall–Kier alpha value is -2.64. The van der Waals surface area contributed by atoms with Crippen molar-refractivity contribution >= 4 is 28.6 Å². The highest BCUT2D eigenvalue weighted by Gasteiger charge is 2.10. The number of fused-ring (bicyclic) bond motifs is 1. The van der Waals surface area contributed by atoms with E-state index in [0.29, 0.717) is 12.4 Å². The number of aromatic nitrogens is 1. The molecule has 1 heterocycles. The molecule has 0 amide bonds. The summed E-state index contributed by atoms with van der Waals surface area (Å²) in [6.07, 6.45) is 1.89. The van der Waals surface area contributed by atoms with E-state index in [1.165, 1.54) is 5.56 Å². The zero-order chi connectivity index (χ0) is 17.6. The highest BCUT2D eigenvalue weighted by atomic mass is 32.2. The number of ether oxygens (including phenoxy) is 1. The van der Waals surface area contributed by atoms with Gasteiger partial charge in [-0.2, -0.15) is 0 Å². The minimum atomic E-state index is 0.0145. The lowest BCUT2D eigenvalue weighted by Crippen LogP contribution is -2.02. The zero-order valence-corrected chi connectivity index (χ0v) is 15.1. The van der Waals surface area contributed by atoms with Crippen LogP contribution in [-0.4, -0.2) is 22.8 Å². The van der Waals surface area contributed by atoms with Crippen LogP contribution in [-0.2, 0) is 0 Å². The summed E-state index contributed by atoms with van der Waals surface area (Å²) in [6, 6.07) is 15.8. The van der Waals surface area contributed by atoms with Crippen LogP contribution in [0.3, 0.4) is 0 Å². The Morgan fingerprint density at radius 2 is 1.88 bits per heavy atom. The molecule has 3 aromatic rings. The first kappa shape index (κ1) is 17.2. The minimum Gasteiger partial charge on any atom is -0.481 e. The van der Waals surface area contributed by atoms with Gasteiger partial charge in [0.25, 0.3) is 0 Å². The molecule has 0 N–H and O–H groups in total. The summed E-state index contributed by atoms with van der Waals surface area (Å²) in [5.74, 6) is 7.64. The van der Waals surface area contributed by atoms with Crippen LogP contribution >= 0.6 is 11.8 Å². The first-order valence-corrected chi connectivity index (χ1v) is 9.03. The van der Waals surface area contributed by atoms with Gasteiger partial charge in [0.05, 0.1) is 11.3 Å². The van der Waals surface area contributed by atoms with Crippen LogP contribution in [0.1, 0.15) is 17.3 Å². The van der Waals surface area contributed by atoms with Crippen molar-refractivity contribution in [3.8, 4) is 17.6 Å². The summed E-state index contributed by atoms with van der Waals surface area (Å²) in [6.45, 7) is 3.99. The molecule has 0 saturated heterocycles. The lowest BCUT2D eigenvalue weighted by molar-refractivity contribution is 0.0941. The van der Waals surface area contributed by atoms with Gasteiger partial charge < -0.3 is 4.74 Å². The second-order valence-corrected chi connectivity index (χ2v) is 6.66. The van der Waals surface area contributed by atoms with E-state index >= 15 is 0 Å². The Bertz CT molecular complexity index is 945. The Morgan fingerprint density at radius 3 is 2.64 bits per heavy atom. The highest BCUT2D eigenvalue weighted by Crippen LogP contribution is 2.29. The van der Waals surface area contributed by atoms with Crippen molar-refractivity contribution in [3.63, 3.8) is 0 Å². The molecule has 3 nitrogen and oxygen atoms in total. The summed E-state index contributed by atoms with van der Waals surface area (Å²) in [4.78, 5) is 12.8. The van der Waals surface area contributed by atoms with Gasteiger partial charge in [-0.25, -0.2) is 0 Å². The topological polar surface area (TPSA) is 31.2 Å². The van der Waals surface area contributed by atoms with Gasteiger partial charge in [-0.1, -0.05) is 47.7 Å². The van der Waals surface area contributed by atoms with Crippen LogP contribution in [0.4, 0.5) is 0 Å². The maximum Gasteiger partial charge on any atom is 0.227 e. The van der Waals surface area contributed by atoms with Crippen LogP contribution in [0.5, 0.6) is 5.75 Å². The van der Waals surface area contributed by atoms with E-state index < -0.39 is 0 Å². The van der Waals surface area contributed by atoms with Crippen LogP contribution in [0.15, 0.2) is 59.6 Å². The number of carbonyl (C=O) groups excluding carboxylic acids is 1. The summed E-state index contributed by atoms with van der Waals surface area (Å²) in [5, 5.41) is 1.08. The number of para-hydroxylation sites is 1. The summed E-state index contributed by atoms with van der Waals surface area (Å²) < 4.78 is 7.27. The molecule has 25 heavy (non-hydrogen) atoms. The monoisotopic (exact) mass is 349 g/mol. The molecular formula is C21H19NO2S. The van der Waals surface area contributed by atoms with E-state index in [1.807, 2.05) is 61.7 Å². The molecular weight excluding hydrogens is 330 g/mol. The van der Waals surface area contributed by atoms with E-state index in [1.54, 1.807) is 23.3 Å². The molecule has 2 aromatic carbocycles. The quantitative estimate of drug-likeness (QED) is 0.501. The molecule has 126 valence electrons. The van der Waals surface area contributed by atoms with Crippen LogP contribution < -0.4 is 4.74 Å². The van der Waals surface area contributed by atoms with E-state index in [-0.39, 0.29) is 5.91 Å². The second-order valence-electron chi connectivity index (χ2n) is 5.64. The Kier molecular flexibility index (Phi) is 5.47. The fourth-order valence-corrected chi connectivity index (χ4v) is 3.33. The predicted octanol–water partition coefficient (Wildman–Crippen LogP) is 4.78. The molecule has 0 radical (unpaired) electrons. The van der Waals surface area contributed by atoms with Crippen molar-refractivity contribution in [2.24, 2.45) is 0 Å². The average Bonchev–Trinajstić information content (AvgIpc) is 2.99. The number of benzene rings is 2. The molecule has 0 atom stereocenters. The van der Waals surface area contributed by atoms with Gasteiger partial charge in [0.2, 0.25) is 5.91 Å². The number of carbonyl (C=O) groups is 1. The largest absolute Gasteiger partial charge is 0.481 e. The smallest absolute Gasteiger partial charge is 0.227 e. The van der Waals surface area contributed by atoms with Gasteiger partial charge in [-0.05, 0) is 25.1 Å². The standard InChI is InChI=1S/C21H19NO2S/c1-16-9-11-18(12-10-16)24-13-5-6-14-25-21-15-22(17(2)23)20-8-4-3-7-19(20)21/h3-4,7-12,15H,13-14H2,1-2H3. The maximum atomic E-state index is 11.8. The number of hydrogen-bond acceptors (Lipinski definition) is 3. The van der Waals surface area contributed by atoms with Gasteiger partial charge in [0, 0.05) is 23.4 Å². The molecule has 0 saturated carbocycles. The molecule has 0 fully saturated rings. The molecule has 0 aliphatic heterocycles. The third-order valence-electron chi connectivity index (χ3n) is 3.77. The number of thioether (sulfide) groups is 1. The number of nitrogens with zero attached hydrogens (tertiary/aromatic N) is 1. The first-order chi connectivity index (χ1) is 12.1. The SMILES string of the molecule is CC(=O)n1cc(SCC#CCOc2ccc(C)cc2)c2ccccc21. The Balaban J connectivity index is 1.59.